The topological polar surface area (TPSA) is 78.2 Å². The minimum atomic E-state index is -0.593. The summed E-state index contributed by atoms with van der Waals surface area (Å²) in [5, 5.41) is 0.511. The Balaban J connectivity index is 1.84. The Hall–Kier alpha value is -3.32. The van der Waals surface area contributed by atoms with Gasteiger partial charge < -0.3 is 23.5 Å². The van der Waals surface area contributed by atoms with E-state index in [1.807, 2.05) is 44.2 Å². The van der Waals surface area contributed by atoms with Crippen LogP contribution in [0.3, 0.4) is 0 Å². The molecule has 0 aliphatic carbocycles. The lowest BCUT2D eigenvalue weighted by Crippen LogP contribution is -2.31. The molecule has 7 nitrogen and oxygen atoms in total. The van der Waals surface area contributed by atoms with E-state index in [-0.39, 0.29) is 17.1 Å². The van der Waals surface area contributed by atoms with E-state index in [1.165, 1.54) is 0 Å². The van der Waals surface area contributed by atoms with Crippen molar-refractivity contribution in [3.05, 3.63) is 68.6 Å². The number of amides is 1. The minimum absolute atomic E-state index is 0.108. The molecule has 0 radical (unpaired) electrons. The second-order valence-corrected chi connectivity index (χ2v) is 9.82. The van der Waals surface area contributed by atoms with Crippen LogP contribution in [-0.2, 0) is 4.74 Å². The van der Waals surface area contributed by atoms with Gasteiger partial charge in [0.25, 0.3) is 5.91 Å². The maximum absolute atomic E-state index is 13.9. The molecule has 1 aromatic heterocycles. The molecular weight excluding hydrogens is 458 g/mol. The molecule has 0 fully saturated rings. The summed E-state index contributed by atoms with van der Waals surface area (Å²) >= 11 is 0. The number of fused-ring (bicyclic) bond motifs is 2. The summed E-state index contributed by atoms with van der Waals surface area (Å²) in [6, 6.07) is 8.78. The number of carbonyl (C=O) groups excluding carboxylic acids is 1. The molecule has 1 aliphatic heterocycles. The van der Waals surface area contributed by atoms with Crippen molar-refractivity contribution in [2.24, 2.45) is 5.92 Å². The van der Waals surface area contributed by atoms with Crippen LogP contribution in [0.25, 0.3) is 11.0 Å². The first-order valence-electron chi connectivity index (χ1n) is 12.4. The van der Waals surface area contributed by atoms with Crippen LogP contribution >= 0.6 is 0 Å². The molecule has 3 aromatic rings. The van der Waals surface area contributed by atoms with Gasteiger partial charge in [-0.1, -0.05) is 26.0 Å². The molecule has 1 atom stereocenters. The van der Waals surface area contributed by atoms with E-state index in [9.17, 15) is 9.59 Å². The van der Waals surface area contributed by atoms with Crippen LogP contribution in [-0.4, -0.2) is 44.8 Å². The SMILES string of the molecule is COCCCN1C(=O)c2oc3cc(C)cc(C)c3c(=O)c2C1c1ccc(OCCC(C)C)c(OC)c1. The fourth-order valence-electron chi connectivity index (χ4n) is 4.85. The van der Waals surface area contributed by atoms with E-state index >= 15 is 0 Å². The van der Waals surface area contributed by atoms with Crippen molar-refractivity contribution in [1.82, 2.24) is 4.90 Å². The summed E-state index contributed by atoms with van der Waals surface area (Å²) in [5.41, 5.74) is 3.20. The molecule has 0 N–H and O–H groups in total. The second-order valence-electron chi connectivity index (χ2n) is 9.82. The zero-order valence-corrected chi connectivity index (χ0v) is 22.0. The number of ether oxygens (including phenoxy) is 3. The van der Waals surface area contributed by atoms with Crippen LogP contribution in [0.2, 0.25) is 0 Å². The third kappa shape index (κ3) is 4.85. The monoisotopic (exact) mass is 493 g/mol. The van der Waals surface area contributed by atoms with Crippen molar-refractivity contribution in [3.63, 3.8) is 0 Å². The van der Waals surface area contributed by atoms with Crippen molar-refractivity contribution in [2.45, 2.75) is 46.6 Å². The predicted octanol–water partition coefficient (Wildman–Crippen LogP) is 5.43. The highest BCUT2D eigenvalue weighted by atomic mass is 16.5. The summed E-state index contributed by atoms with van der Waals surface area (Å²) in [6.45, 7) is 9.63. The zero-order chi connectivity index (χ0) is 26.0. The van der Waals surface area contributed by atoms with Crippen molar-refractivity contribution in [1.29, 1.82) is 0 Å². The van der Waals surface area contributed by atoms with Gasteiger partial charge >= 0.3 is 0 Å². The Morgan fingerprint density at radius 1 is 1.03 bits per heavy atom. The van der Waals surface area contributed by atoms with Crippen LogP contribution < -0.4 is 14.9 Å². The van der Waals surface area contributed by atoms with Gasteiger partial charge in [0.1, 0.15) is 5.58 Å². The molecule has 1 amide bonds. The Morgan fingerprint density at radius 3 is 2.50 bits per heavy atom. The summed E-state index contributed by atoms with van der Waals surface area (Å²) < 4.78 is 22.9. The van der Waals surface area contributed by atoms with E-state index < -0.39 is 6.04 Å². The van der Waals surface area contributed by atoms with Gasteiger partial charge in [-0.3, -0.25) is 9.59 Å². The van der Waals surface area contributed by atoms with E-state index in [0.29, 0.717) is 60.1 Å². The standard InChI is InChI=1S/C29H35NO6/c1-17(2)10-13-35-21-9-8-20(16-22(21)34-6)26-25-27(31)24-19(4)14-18(3)15-23(24)36-28(25)29(32)30(26)11-7-12-33-5/h8-9,14-17,26H,7,10-13H2,1-6H3. The molecule has 2 aromatic carbocycles. The van der Waals surface area contributed by atoms with Gasteiger partial charge in [-0.05, 0) is 67.5 Å². The fourth-order valence-corrected chi connectivity index (χ4v) is 4.85. The molecular formula is C29H35NO6. The molecule has 36 heavy (non-hydrogen) atoms. The molecule has 1 aliphatic rings. The Morgan fingerprint density at radius 2 is 1.81 bits per heavy atom. The van der Waals surface area contributed by atoms with Gasteiger partial charge in [-0.25, -0.2) is 0 Å². The molecule has 0 saturated heterocycles. The highest BCUT2D eigenvalue weighted by molar-refractivity contribution is 5.99. The van der Waals surface area contributed by atoms with Gasteiger partial charge in [0.15, 0.2) is 16.9 Å². The fraction of sp³-hybridized carbons (Fsp3) is 0.448. The summed E-state index contributed by atoms with van der Waals surface area (Å²) in [6.07, 6.45) is 1.56. The van der Waals surface area contributed by atoms with Crippen molar-refractivity contribution >= 4 is 16.9 Å². The highest BCUT2D eigenvalue weighted by Crippen LogP contribution is 2.41. The number of nitrogens with zero attached hydrogens (tertiary/aromatic N) is 1. The summed E-state index contributed by atoms with van der Waals surface area (Å²) in [7, 11) is 3.22. The van der Waals surface area contributed by atoms with E-state index in [0.717, 1.165) is 23.1 Å². The Kier molecular flexibility index (Phi) is 7.69. The average molecular weight is 494 g/mol. The van der Waals surface area contributed by atoms with Gasteiger partial charge in [0.2, 0.25) is 5.76 Å². The Labute approximate surface area is 212 Å². The smallest absolute Gasteiger partial charge is 0.290 e. The Bertz CT molecular complexity index is 1330. The second kappa shape index (κ2) is 10.7. The predicted molar refractivity (Wildman–Crippen MR) is 139 cm³/mol. The average Bonchev–Trinajstić information content (AvgIpc) is 3.10. The first-order chi connectivity index (χ1) is 17.3. The van der Waals surface area contributed by atoms with Gasteiger partial charge in [0, 0.05) is 20.3 Å². The molecule has 0 saturated carbocycles. The number of aryl methyl sites for hydroxylation is 2. The molecule has 192 valence electrons. The summed E-state index contributed by atoms with van der Waals surface area (Å²) in [4.78, 5) is 29.1. The molecule has 1 unspecified atom stereocenters. The maximum Gasteiger partial charge on any atom is 0.290 e. The molecule has 2 heterocycles. The first-order valence-corrected chi connectivity index (χ1v) is 12.4. The maximum atomic E-state index is 13.9. The van der Waals surface area contributed by atoms with Gasteiger partial charge in [0.05, 0.1) is 30.7 Å². The van der Waals surface area contributed by atoms with E-state index in [1.54, 1.807) is 19.1 Å². The minimum Gasteiger partial charge on any atom is -0.493 e. The largest absolute Gasteiger partial charge is 0.493 e. The third-order valence-corrected chi connectivity index (χ3v) is 6.62. The quantitative estimate of drug-likeness (QED) is 0.351. The van der Waals surface area contributed by atoms with Crippen molar-refractivity contribution < 1.29 is 23.4 Å². The lowest BCUT2D eigenvalue weighted by molar-refractivity contribution is 0.0707. The first kappa shape index (κ1) is 25.8. The molecule has 4 rings (SSSR count). The lowest BCUT2D eigenvalue weighted by atomic mass is 9.96. The van der Waals surface area contributed by atoms with Crippen molar-refractivity contribution in [3.8, 4) is 11.5 Å². The van der Waals surface area contributed by atoms with Crippen LogP contribution in [0, 0.1) is 19.8 Å². The number of hydrogen-bond donors (Lipinski definition) is 0. The number of benzene rings is 2. The van der Waals surface area contributed by atoms with Crippen LogP contribution in [0.5, 0.6) is 11.5 Å². The molecule has 0 spiro atoms. The number of methoxy groups -OCH3 is 2. The number of carbonyl (C=O) groups is 1. The number of hydrogen-bond acceptors (Lipinski definition) is 6. The molecule has 7 heteroatoms. The summed E-state index contributed by atoms with van der Waals surface area (Å²) in [5.74, 6) is 1.54. The van der Waals surface area contributed by atoms with Crippen LogP contribution in [0.1, 0.15) is 65.5 Å². The van der Waals surface area contributed by atoms with Crippen LogP contribution in [0.4, 0.5) is 0 Å². The zero-order valence-electron chi connectivity index (χ0n) is 22.0. The van der Waals surface area contributed by atoms with Gasteiger partial charge in [-0.15, -0.1) is 0 Å². The van der Waals surface area contributed by atoms with E-state index in [2.05, 4.69) is 13.8 Å². The van der Waals surface area contributed by atoms with Gasteiger partial charge in [-0.2, -0.15) is 0 Å². The number of rotatable bonds is 10. The lowest BCUT2D eigenvalue weighted by Gasteiger charge is -2.25. The van der Waals surface area contributed by atoms with E-state index in [4.69, 9.17) is 18.6 Å². The third-order valence-electron chi connectivity index (χ3n) is 6.62. The van der Waals surface area contributed by atoms with Crippen molar-refractivity contribution in [2.75, 3.05) is 34.0 Å². The van der Waals surface area contributed by atoms with Crippen LogP contribution in [0.15, 0.2) is 39.5 Å². The normalized spacial score (nSPS) is 15.1. The molecule has 0 bridgehead atoms. The highest BCUT2D eigenvalue weighted by Gasteiger charge is 2.42.